The van der Waals surface area contributed by atoms with Crippen LogP contribution in [0.4, 0.5) is 0 Å². The minimum atomic E-state index is 0.0438. The zero-order chi connectivity index (χ0) is 13.1. The van der Waals surface area contributed by atoms with Crippen LogP contribution in [-0.4, -0.2) is 39.1 Å². The van der Waals surface area contributed by atoms with Crippen molar-refractivity contribution in [2.75, 3.05) is 13.1 Å². The summed E-state index contributed by atoms with van der Waals surface area (Å²) < 4.78 is 0. The quantitative estimate of drug-likeness (QED) is 0.895. The van der Waals surface area contributed by atoms with E-state index in [9.17, 15) is 4.79 Å². The molecular weight excluding hydrogens is 240 g/mol. The third kappa shape index (κ3) is 2.50. The van der Waals surface area contributed by atoms with Gasteiger partial charge in [-0.1, -0.05) is 0 Å². The number of hydrogen-bond acceptors (Lipinski definition) is 3. The molecule has 1 amide bonds. The molecule has 98 valence electrons. The lowest BCUT2D eigenvalue weighted by Crippen LogP contribution is -2.35. The van der Waals surface area contributed by atoms with Gasteiger partial charge < -0.3 is 4.90 Å². The van der Waals surface area contributed by atoms with Crippen molar-refractivity contribution in [3.63, 3.8) is 0 Å². The minimum absolute atomic E-state index is 0.0438. The van der Waals surface area contributed by atoms with Crippen LogP contribution >= 0.6 is 0 Å². The summed E-state index contributed by atoms with van der Waals surface area (Å²) in [6.45, 7) is 1.69. The average molecular weight is 256 g/mol. The number of carbonyl (C=O) groups excluding carboxylic acids is 1. The predicted molar refractivity (Wildman–Crippen MR) is 71.6 cm³/mol. The highest BCUT2D eigenvalue weighted by molar-refractivity contribution is 5.93. The van der Waals surface area contributed by atoms with Crippen molar-refractivity contribution in [3.05, 3.63) is 36.3 Å². The van der Waals surface area contributed by atoms with E-state index in [1.54, 1.807) is 18.5 Å². The molecule has 5 heteroatoms. The largest absolute Gasteiger partial charge is 0.337 e. The first-order valence-corrected chi connectivity index (χ1v) is 6.60. The molecule has 3 rings (SSSR count). The molecule has 19 heavy (non-hydrogen) atoms. The maximum absolute atomic E-state index is 12.3. The number of carbonyl (C=O) groups is 1. The van der Waals surface area contributed by atoms with Crippen molar-refractivity contribution in [2.45, 2.75) is 19.3 Å². The van der Waals surface area contributed by atoms with E-state index in [-0.39, 0.29) is 5.91 Å². The number of amides is 1. The predicted octanol–water partition coefficient (Wildman–Crippen LogP) is 2.10. The first kappa shape index (κ1) is 11.9. The van der Waals surface area contributed by atoms with Gasteiger partial charge in [-0.3, -0.25) is 14.9 Å². The lowest BCUT2D eigenvalue weighted by molar-refractivity contribution is 0.0718. The Morgan fingerprint density at radius 1 is 1.26 bits per heavy atom. The van der Waals surface area contributed by atoms with Crippen molar-refractivity contribution in [3.8, 4) is 11.3 Å². The molecule has 1 fully saturated rings. The van der Waals surface area contributed by atoms with Crippen LogP contribution in [-0.2, 0) is 0 Å². The Labute approximate surface area is 111 Å². The highest BCUT2D eigenvalue weighted by Crippen LogP contribution is 2.18. The first-order chi connectivity index (χ1) is 9.34. The molecule has 2 aromatic heterocycles. The van der Waals surface area contributed by atoms with Crippen LogP contribution in [0.15, 0.2) is 30.6 Å². The molecular formula is C14H16N4O. The van der Waals surface area contributed by atoms with E-state index in [0.29, 0.717) is 5.69 Å². The number of aromatic amines is 1. The highest BCUT2D eigenvalue weighted by Gasteiger charge is 2.20. The molecule has 1 aliphatic heterocycles. The standard InChI is InChI=1S/C14H16N4O/c19-14(18-7-2-1-3-8-18)13-9-12(16-17-13)11-5-4-6-15-10-11/h4-6,9-10H,1-3,7-8H2,(H,16,17). The van der Waals surface area contributed by atoms with Gasteiger partial charge >= 0.3 is 0 Å². The van der Waals surface area contributed by atoms with Gasteiger partial charge in [0, 0.05) is 31.0 Å². The van der Waals surface area contributed by atoms with Crippen molar-refractivity contribution >= 4 is 5.91 Å². The van der Waals surface area contributed by atoms with Gasteiger partial charge in [-0.2, -0.15) is 5.10 Å². The molecule has 2 aromatic rings. The number of piperidine rings is 1. The number of hydrogen-bond donors (Lipinski definition) is 1. The van der Waals surface area contributed by atoms with Gasteiger partial charge in [0.15, 0.2) is 0 Å². The number of H-pyrrole nitrogens is 1. The van der Waals surface area contributed by atoms with Crippen molar-refractivity contribution in [1.82, 2.24) is 20.1 Å². The Bertz CT molecular complexity index is 558. The molecule has 0 saturated carbocycles. The van der Waals surface area contributed by atoms with Crippen LogP contribution in [0.25, 0.3) is 11.3 Å². The Morgan fingerprint density at radius 2 is 2.11 bits per heavy atom. The third-order valence-corrected chi connectivity index (χ3v) is 3.41. The van der Waals surface area contributed by atoms with Crippen LogP contribution in [0.5, 0.6) is 0 Å². The van der Waals surface area contributed by atoms with Gasteiger partial charge in [-0.25, -0.2) is 0 Å². The molecule has 0 aliphatic carbocycles. The van der Waals surface area contributed by atoms with E-state index in [2.05, 4.69) is 15.2 Å². The fourth-order valence-electron chi connectivity index (χ4n) is 2.36. The van der Waals surface area contributed by atoms with E-state index >= 15 is 0 Å². The van der Waals surface area contributed by atoms with Gasteiger partial charge in [0.1, 0.15) is 5.69 Å². The molecule has 0 spiro atoms. The molecule has 0 atom stereocenters. The monoisotopic (exact) mass is 256 g/mol. The molecule has 0 radical (unpaired) electrons. The molecule has 1 saturated heterocycles. The number of pyridine rings is 1. The van der Waals surface area contributed by atoms with Gasteiger partial charge in [0.2, 0.25) is 0 Å². The average Bonchev–Trinajstić information content (AvgIpc) is 2.98. The highest BCUT2D eigenvalue weighted by atomic mass is 16.2. The molecule has 1 aliphatic rings. The summed E-state index contributed by atoms with van der Waals surface area (Å²) in [6.07, 6.45) is 6.86. The van der Waals surface area contributed by atoms with E-state index in [1.807, 2.05) is 17.0 Å². The molecule has 3 heterocycles. The lowest BCUT2D eigenvalue weighted by atomic mass is 10.1. The fraction of sp³-hybridized carbons (Fsp3) is 0.357. The summed E-state index contributed by atoms with van der Waals surface area (Å²) in [6, 6.07) is 5.59. The molecule has 0 aromatic carbocycles. The van der Waals surface area contributed by atoms with Gasteiger partial charge in [-0.05, 0) is 37.5 Å². The van der Waals surface area contributed by atoms with Crippen LogP contribution in [0.3, 0.4) is 0 Å². The van der Waals surface area contributed by atoms with E-state index in [1.165, 1.54) is 6.42 Å². The number of nitrogens with zero attached hydrogens (tertiary/aromatic N) is 3. The zero-order valence-corrected chi connectivity index (χ0v) is 10.7. The van der Waals surface area contributed by atoms with Gasteiger partial charge in [0.05, 0.1) is 5.69 Å². The summed E-state index contributed by atoms with van der Waals surface area (Å²) in [5.74, 6) is 0.0438. The summed E-state index contributed by atoms with van der Waals surface area (Å²) in [4.78, 5) is 18.2. The Hall–Kier alpha value is -2.17. The van der Waals surface area contributed by atoms with Crippen molar-refractivity contribution in [2.24, 2.45) is 0 Å². The SMILES string of the molecule is O=C(c1cc(-c2cccnc2)n[nH]1)N1CCCCC1. The zero-order valence-electron chi connectivity index (χ0n) is 10.7. The van der Waals surface area contributed by atoms with Crippen LogP contribution in [0.2, 0.25) is 0 Å². The summed E-state index contributed by atoms with van der Waals surface area (Å²) in [5.41, 5.74) is 2.23. The van der Waals surface area contributed by atoms with E-state index < -0.39 is 0 Å². The van der Waals surface area contributed by atoms with Crippen LogP contribution < -0.4 is 0 Å². The number of rotatable bonds is 2. The smallest absolute Gasteiger partial charge is 0.271 e. The first-order valence-electron chi connectivity index (χ1n) is 6.60. The van der Waals surface area contributed by atoms with E-state index in [0.717, 1.165) is 37.2 Å². The second-order valence-corrected chi connectivity index (χ2v) is 4.76. The normalized spacial score (nSPS) is 15.5. The van der Waals surface area contributed by atoms with Crippen molar-refractivity contribution in [1.29, 1.82) is 0 Å². The second-order valence-electron chi connectivity index (χ2n) is 4.76. The molecule has 5 nitrogen and oxygen atoms in total. The number of nitrogens with one attached hydrogen (secondary N) is 1. The lowest BCUT2D eigenvalue weighted by Gasteiger charge is -2.25. The third-order valence-electron chi connectivity index (χ3n) is 3.41. The molecule has 0 bridgehead atoms. The van der Waals surface area contributed by atoms with Gasteiger partial charge in [-0.15, -0.1) is 0 Å². The Kier molecular flexibility index (Phi) is 3.27. The fourth-order valence-corrected chi connectivity index (χ4v) is 2.36. The second kappa shape index (κ2) is 5.22. The maximum atomic E-state index is 12.3. The minimum Gasteiger partial charge on any atom is -0.337 e. The Morgan fingerprint density at radius 3 is 2.84 bits per heavy atom. The summed E-state index contributed by atoms with van der Waals surface area (Å²) >= 11 is 0. The molecule has 1 N–H and O–H groups in total. The summed E-state index contributed by atoms with van der Waals surface area (Å²) in [5, 5.41) is 7.02. The Balaban J connectivity index is 1.79. The number of aromatic nitrogens is 3. The molecule has 0 unspecified atom stereocenters. The summed E-state index contributed by atoms with van der Waals surface area (Å²) in [7, 11) is 0. The van der Waals surface area contributed by atoms with Crippen molar-refractivity contribution < 1.29 is 4.79 Å². The topological polar surface area (TPSA) is 61.9 Å². The van der Waals surface area contributed by atoms with E-state index in [4.69, 9.17) is 0 Å². The van der Waals surface area contributed by atoms with Crippen LogP contribution in [0, 0.1) is 0 Å². The van der Waals surface area contributed by atoms with Crippen LogP contribution in [0.1, 0.15) is 29.8 Å². The van der Waals surface area contributed by atoms with Gasteiger partial charge in [0.25, 0.3) is 5.91 Å². The maximum Gasteiger partial charge on any atom is 0.271 e. The number of likely N-dealkylation sites (tertiary alicyclic amines) is 1.